The van der Waals surface area contributed by atoms with E-state index in [9.17, 15) is 0 Å². The molecule has 2 nitrogen and oxygen atoms in total. The highest BCUT2D eigenvalue weighted by Crippen LogP contribution is 2.22. The molecule has 0 aromatic carbocycles. The molecule has 1 heterocycles. The lowest BCUT2D eigenvalue weighted by molar-refractivity contribution is 0.585. The van der Waals surface area contributed by atoms with E-state index >= 15 is 0 Å². The predicted molar refractivity (Wildman–Crippen MR) is 76.6 cm³/mol. The van der Waals surface area contributed by atoms with Crippen molar-refractivity contribution in [2.45, 2.75) is 59.9 Å². The summed E-state index contributed by atoms with van der Waals surface area (Å²) in [5.74, 6) is 0.769. The van der Waals surface area contributed by atoms with Gasteiger partial charge in [0.15, 0.2) is 0 Å². The summed E-state index contributed by atoms with van der Waals surface area (Å²) in [4.78, 5) is 6.25. The van der Waals surface area contributed by atoms with Crippen LogP contribution in [0.1, 0.15) is 56.1 Å². The maximum atomic E-state index is 4.80. The number of hydrogen-bond acceptors (Lipinski definition) is 3. The lowest BCUT2D eigenvalue weighted by Gasteiger charge is -2.00. The van der Waals surface area contributed by atoms with Crippen LogP contribution in [-0.2, 0) is 19.4 Å². The van der Waals surface area contributed by atoms with Crippen LogP contribution in [0.5, 0.6) is 0 Å². The molecule has 1 aromatic heterocycles. The molecule has 17 heavy (non-hydrogen) atoms. The lowest BCUT2D eigenvalue weighted by Crippen LogP contribution is -2.11. The van der Waals surface area contributed by atoms with Gasteiger partial charge in [-0.3, -0.25) is 0 Å². The minimum Gasteiger partial charge on any atom is -0.312 e. The summed E-state index contributed by atoms with van der Waals surface area (Å²) in [5.41, 5.74) is 1.33. The fraction of sp³-hybridized carbons (Fsp3) is 0.786. The quantitative estimate of drug-likeness (QED) is 0.763. The smallest absolute Gasteiger partial charge is 0.0931 e. The lowest BCUT2D eigenvalue weighted by atomic mass is 10.1. The second kappa shape index (κ2) is 7.83. The van der Waals surface area contributed by atoms with Crippen molar-refractivity contribution in [3.63, 3.8) is 0 Å². The first-order valence-corrected chi connectivity index (χ1v) is 7.67. The molecule has 0 radical (unpaired) electrons. The molecule has 3 heteroatoms. The van der Waals surface area contributed by atoms with Crippen LogP contribution in [0.3, 0.4) is 0 Å². The molecule has 0 bridgehead atoms. The average Bonchev–Trinajstić information content (AvgIpc) is 2.67. The Labute approximate surface area is 110 Å². The minimum absolute atomic E-state index is 0.769. The van der Waals surface area contributed by atoms with Crippen molar-refractivity contribution in [3.8, 4) is 0 Å². The largest absolute Gasteiger partial charge is 0.312 e. The van der Waals surface area contributed by atoms with Crippen LogP contribution >= 0.6 is 11.3 Å². The van der Waals surface area contributed by atoms with E-state index in [2.05, 4.69) is 33.0 Å². The first-order chi connectivity index (χ1) is 8.17. The molecule has 0 aliphatic rings. The van der Waals surface area contributed by atoms with Crippen LogP contribution in [-0.4, -0.2) is 11.5 Å². The molecule has 0 saturated heterocycles. The van der Waals surface area contributed by atoms with Gasteiger partial charge in [-0.2, -0.15) is 0 Å². The number of nitrogens with one attached hydrogen (secondary N) is 1. The number of thiazole rings is 1. The van der Waals surface area contributed by atoms with Crippen molar-refractivity contribution in [1.82, 2.24) is 10.3 Å². The van der Waals surface area contributed by atoms with Crippen LogP contribution in [0.2, 0.25) is 0 Å². The Hall–Kier alpha value is -0.410. The summed E-state index contributed by atoms with van der Waals surface area (Å²) in [6.07, 6.45) is 4.70. The number of aromatic nitrogens is 1. The maximum absolute atomic E-state index is 4.80. The van der Waals surface area contributed by atoms with E-state index in [-0.39, 0.29) is 0 Å². The van der Waals surface area contributed by atoms with E-state index in [1.807, 2.05) is 11.3 Å². The second-order valence-electron chi connectivity index (χ2n) is 4.94. The van der Waals surface area contributed by atoms with Gasteiger partial charge >= 0.3 is 0 Å². The fourth-order valence-corrected chi connectivity index (χ4v) is 2.86. The Kier molecular flexibility index (Phi) is 6.75. The van der Waals surface area contributed by atoms with Crippen molar-refractivity contribution >= 4 is 11.3 Å². The number of hydrogen-bond donors (Lipinski definition) is 1. The molecule has 0 aliphatic heterocycles. The Balaban J connectivity index is 2.65. The minimum atomic E-state index is 0.769. The standard InChI is InChI=1S/C14H26N2S/c1-5-7-12-13(10-15-6-2)17-14(16-12)9-8-11(3)4/h11,15H,5-10H2,1-4H3. The number of aryl methyl sites for hydroxylation is 2. The summed E-state index contributed by atoms with van der Waals surface area (Å²) >= 11 is 1.91. The van der Waals surface area contributed by atoms with Crippen molar-refractivity contribution in [3.05, 3.63) is 15.6 Å². The summed E-state index contributed by atoms with van der Waals surface area (Å²) in [7, 11) is 0. The van der Waals surface area contributed by atoms with Crippen LogP contribution in [0, 0.1) is 5.92 Å². The first-order valence-electron chi connectivity index (χ1n) is 6.85. The molecule has 0 aliphatic carbocycles. The summed E-state index contributed by atoms with van der Waals surface area (Å²) < 4.78 is 0. The van der Waals surface area contributed by atoms with Gasteiger partial charge < -0.3 is 5.32 Å². The third-order valence-corrected chi connectivity index (χ3v) is 3.94. The zero-order valence-electron chi connectivity index (χ0n) is 11.7. The van der Waals surface area contributed by atoms with Crippen molar-refractivity contribution in [2.24, 2.45) is 5.92 Å². The average molecular weight is 254 g/mol. The van der Waals surface area contributed by atoms with Crippen LogP contribution in [0.15, 0.2) is 0 Å². The van der Waals surface area contributed by atoms with Gasteiger partial charge in [0.05, 0.1) is 10.7 Å². The normalized spacial score (nSPS) is 11.4. The Bertz CT molecular complexity index is 318. The van der Waals surface area contributed by atoms with Gasteiger partial charge in [-0.1, -0.05) is 34.1 Å². The van der Waals surface area contributed by atoms with Gasteiger partial charge in [0.1, 0.15) is 0 Å². The van der Waals surface area contributed by atoms with Gasteiger partial charge in [0.25, 0.3) is 0 Å². The van der Waals surface area contributed by atoms with Gasteiger partial charge in [-0.05, 0) is 31.7 Å². The zero-order chi connectivity index (χ0) is 12.7. The molecule has 0 amide bonds. The van der Waals surface area contributed by atoms with Gasteiger partial charge in [0.2, 0.25) is 0 Å². The highest BCUT2D eigenvalue weighted by atomic mass is 32.1. The topological polar surface area (TPSA) is 24.9 Å². The Morgan fingerprint density at radius 2 is 2.00 bits per heavy atom. The summed E-state index contributed by atoms with van der Waals surface area (Å²) in [5, 5.41) is 4.74. The Morgan fingerprint density at radius 1 is 1.24 bits per heavy atom. The van der Waals surface area contributed by atoms with E-state index < -0.39 is 0 Å². The van der Waals surface area contributed by atoms with Crippen molar-refractivity contribution < 1.29 is 0 Å². The molecule has 1 aromatic rings. The first kappa shape index (κ1) is 14.7. The zero-order valence-corrected chi connectivity index (χ0v) is 12.5. The van der Waals surface area contributed by atoms with E-state index in [4.69, 9.17) is 4.98 Å². The molecule has 0 unspecified atom stereocenters. The van der Waals surface area contributed by atoms with Crippen molar-refractivity contribution in [1.29, 1.82) is 0 Å². The SMILES string of the molecule is CCCc1nc(CCC(C)C)sc1CNCC. The predicted octanol–water partition coefficient (Wildman–Crippen LogP) is 3.79. The molecule has 0 spiro atoms. The molecule has 0 atom stereocenters. The molecular formula is C14H26N2S. The highest BCUT2D eigenvalue weighted by Gasteiger charge is 2.10. The third-order valence-electron chi connectivity index (χ3n) is 2.78. The molecule has 0 fully saturated rings. The summed E-state index contributed by atoms with van der Waals surface area (Å²) in [6.45, 7) is 11.0. The van der Waals surface area contributed by atoms with Gasteiger partial charge in [0, 0.05) is 11.4 Å². The van der Waals surface area contributed by atoms with Gasteiger partial charge in [-0.15, -0.1) is 11.3 Å². The van der Waals surface area contributed by atoms with E-state index in [0.29, 0.717) is 0 Å². The monoisotopic (exact) mass is 254 g/mol. The second-order valence-corrected chi connectivity index (χ2v) is 6.11. The summed E-state index contributed by atoms with van der Waals surface area (Å²) in [6, 6.07) is 0. The van der Waals surface area contributed by atoms with E-state index in [0.717, 1.165) is 31.8 Å². The molecule has 98 valence electrons. The van der Waals surface area contributed by atoms with Crippen LogP contribution in [0.4, 0.5) is 0 Å². The van der Waals surface area contributed by atoms with Crippen molar-refractivity contribution in [2.75, 3.05) is 6.54 Å². The van der Waals surface area contributed by atoms with Crippen LogP contribution in [0.25, 0.3) is 0 Å². The highest BCUT2D eigenvalue weighted by molar-refractivity contribution is 7.11. The molecule has 1 N–H and O–H groups in total. The third kappa shape index (κ3) is 5.17. The Morgan fingerprint density at radius 3 is 2.59 bits per heavy atom. The molecular weight excluding hydrogens is 228 g/mol. The van der Waals surface area contributed by atoms with Gasteiger partial charge in [-0.25, -0.2) is 4.98 Å². The molecule has 1 rings (SSSR count). The number of rotatable bonds is 8. The maximum Gasteiger partial charge on any atom is 0.0931 e. The van der Waals surface area contributed by atoms with Crippen LogP contribution < -0.4 is 5.32 Å². The fourth-order valence-electron chi connectivity index (χ4n) is 1.76. The number of nitrogens with zero attached hydrogens (tertiary/aromatic N) is 1. The van der Waals surface area contributed by atoms with E-state index in [1.165, 1.54) is 28.4 Å². The molecule has 0 saturated carbocycles. The van der Waals surface area contributed by atoms with E-state index in [1.54, 1.807) is 0 Å².